The number of nitrogens with one attached hydrogen (secondary N) is 1. The van der Waals surface area contributed by atoms with Gasteiger partial charge in [0.25, 0.3) is 0 Å². The maximum atomic E-state index is 11.9. The SMILES string of the molecule is CC(CO)N(C)C(=O)NCc1ccnc(N2CCCC2)c1. The number of carbonyl (C=O) groups is 1. The summed E-state index contributed by atoms with van der Waals surface area (Å²) in [6, 6.07) is 3.56. The fourth-order valence-corrected chi connectivity index (χ4v) is 2.31. The number of hydrogen-bond donors (Lipinski definition) is 2. The number of rotatable bonds is 5. The number of aliphatic hydroxyl groups excluding tert-OH is 1. The van der Waals surface area contributed by atoms with Crippen molar-refractivity contribution >= 4 is 11.8 Å². The molecule has 2 rings (SSSR count). The normalized spacial score (nSPS) is 15.9. The van der Waals surface area contributed by atoms with Crippen LogP contribution < -0.4 is 10.2 Å². The number of nitrogens with zero attached hydrogens (tertiary/aromatic N) is 3. The second-order valence-corrected chi connectivity index (χ2v) is 5.52. The molecule has 1 unspecified atom stereocenters. The lowest BCUT2D eigenvalue weighted by Crippen LogP contribution is -2.43. The lowest BCUT2D eigenvalue weighted by molar-refractivity contribution is 0.157. The lowest BCUT2D eigenvalue weighted by atomic mass is 10.2. The molecular formula is C15H24N4O2. The third-order valence-corrected chi connectivity index (χ3v) is 3.93. The van der Waals surface area contributed by atoms with Crippen molar-refractivity contribution in [3.63, 3.8) is 0 Å². The molecule has 2 N–H and O–H groups in total. The smallest absolute Gasteiger partial charge is 0.317 e. The Kier molecular flexibility index (Phi) is 5.38. The van der Waals surface area contributed by atoms with E-state index < -0.39 is 0 Å². The molecular weight excluding hydrogens is 268 g/mol. The predicted octanol–water partition coefficient (Wildman–Crippen LogP) is 1.20. The number of pyridine rings is 1. The third kappa shape index (κ3) is 4.07. The minimum atomic E-state index is -0.192. The lowest BCUT2D eigenvalue weighted by Gasteiger charge is -2.23. The van der Waals surface area contributed by atoms with E-state index in [1.54, 1.807) is 20.2 Å². The molecule has 0 aliphatic carbocycles. The molecule has 0 bridgehead atoms. The number of hydrogen-bond acceptors (Lipinski definition) is 4. The molecule has 116 valence electrons. The molecule has 1 aromatic heterocycles. The molecule has 1 aliphatic heterocycles. The number of aliphatic hydroxyl groups is 1. The molecule has 0 spiro atoms. The van der Waals surface area contributed by atoms with Gasteiger partial charge in [-0.05, 0) is 37.5 Å². The van der Waals surface area contributed by atoms with E-state index in [0.29, 0.717) is 6.54 Å². The van der Waals surface area contributed by atoms with Crippen LogP contribution >= 0.6 is 0 Å². The molecule has 1 aliphatic rings. The van der Waals surface area contributed by atoms with Crippen molar-refractivity contribution in [2.75, 3.05) is 31.6 Å². The Bertz CT molecular complexity index is 474. The highest BCUT2D eigenvalue weighted by molar-refractivity contribution is 5.74. The number of carbonyl (C=O) groups excluding carboxylic acids is 1. The second-order valence-electron chi connectivity index (χ2n) is 5.52. The summed E-state index contributed by atoms with van der Waals surface area (Å²) in [5, 5.41) is 11.9. The van der Waals surface area contributed by atoms with Crippen molar-refractivity contribution in [1.29, 1.82) is 0 Å². The molecule has 6 nitrogen and oxygen atoms in total. The molecule has 0 saturated carbocycles. The topological polar surface area (TPSA) is 68.7 Å². The molecule has 0 aromatic carbocycles. The fraction of sp³-hybridized carbons (Fsp3) is 0.600. The zero-order valence-corrected chi connectivity index (χ0v) is 12.7. The Balaban J connectivity index is 1.91. The highest BCUT2D eigenvalue weighted by Crippen LogP contribution is 2.18. The largest absolute Gasteiger partial charge is 0.394 e. The van der Waals surface area contributed by atoms with Crippen molar-refractivity contribution in [2.45, 2.75) is 32.4 Å². The standard InChI is InChI=1S/C15H24N4O2/c1-12(11-20)18(2)15(21)17-10-13-5-6-16-14(9-13)19-7-3-4-8-19/h5-6,9,12,20H,3-4,7-8,10-11H2,1-2H3,(H,17,21). The van der Waals surface area contributed by atoms with Crippen molar-refractivity contribution in [3.8, 4) is 0 Å². The first-order chi connectivity index (χ1) is 10.1. The Morgan fingerprint density at radius 3 is 2.90 bits per heavy atom. The van der Waals surface area contributed by atoms with E-state index >= 15 is 0 Å². The van der Waals surface area contributed by atoms with Crippen LogP contribution in [0.5, 0.6) is 0 Å². The highest BCUT2D eigenvalue weighted by atomic mass is 16.3. The Morgan fingerprint density at radius 1 is 1.52 bits per heavy atom. The molecule has 1 saturated heterocycles. The average molecular weight is 292 g/mol. The summed E-state index contributed by atoms with van der Waals surface area (Å²) in [5.41, 5.74) is 1.03. The molecule has 2 amide bonds. The van der Waals surface area contributed by atoms with E-state index in [4.69, 9.17) is 5.11 Å². The van der Waals surface area contributed by atoms with Crippen LogP contribution in [0.1, 0.15) is 25.3 Å². The van der Waals surface area contributed by atoms with Crippen LogP contribution in [0.4, 0.5) is 10.6 Å². The van der Waals surface area contributed by atoms with Crippen LogP contribution in [0.25, 0.3) is 0 Å². The average Bonchev–Trinajstić information content (AvgIpc) is 3.05. The number of amides is 2. The van der Waals surface area contributed by atoms with Crippen molar-refractivity contribution in [3.05, 3.63) is 23.9 Å². The summed E-state index contributed by atoms with van der Waals surface area (Å²) in [5.74, 6) is 0.983. The van der Waals surface area contributed by atoms with Gasteiger partial charge in [0, 0.05) is 32.9 Å². The summed E-state index contributed by atoms with van der Waals surface area (Å²) in [4.78, 5) is 20.1. The third-order valence-electron chi connectivity index (χ3n) is 3.93. The van der Waals surface area contributed by atoms with Crippen LogP contribution in [0.2, 0.25) is 0 Å². The first kappa shape index (κ1) is 15.6. The first-order valence-corrected chi connectivity index (χ1v) is 7.43. The van der Waals surface area contributed by atoms with E-state index in [9.17, 15) is 4.79 Å². The Morgan fingerprint density at radius 2 is 2.24 bits per heavy atom. The molecule has 2 heterocycles. The Hall–Kier alpha value is -1.82. The van der Waals surface area contributed by atoms with Crippen LogP contribution in [0, 0.1) is 0 Å². The maximum absolute atomic E-state index is 11.9. The molecule has 1 atom stereocenters. The number of anilines is 1. The van der Waals surface area contributed by atoms with Crippen LogP contribution in [-0.4, -0.2) is 53.8 Å². The summed E-state index contributed by atoms with van der Waals surface area (Å²) in [7, 11) is 1.68. The van der Waals surface area contributed by atoms with E-state index in [2.05, 4.69) is 15.2 Å². The summed E-state index contributed by atoms with van der Waals surface area (Å²) in [6.07, 6.45) is 4.22. The summed E-state index contributed by atoms with van der Waals surface area (Å²) < 4.78 is 0. The van der Waals surface area contributed by atoms with E-state index in [1.165, 1.54) is 17.7 Å². The van der Waals surface area contributed by atoms with Crippen molar-refractivity contribution in [2.24, 2.45) is 0 Å². The monoisotopic (exact) mass is 292 g/mol. The van der Waals surface area contributed by atoms with Crippen molar-refractivity contribution < 1.29 is 9.90 Å². The fourth-order valence-electron chi connectivity index (χ4n) is 2.31. The first-order valence-electron chi connectivity index (χ1n) is 7.43. The summed E-state index contributed by atoms with van der Waals surface area (Å²) in [6.45, 7) is 4.33. The van der Waals surface area contributed by atoms with Gasteiger partial charge in [-0.15, -0.1) is 0 Å². The van der Waals surface area contributed by atoms with E-state index in [0.717, 1.165) is 24.5 Å². The molecule has 1 fully saturated rings. The molecule has 1 aromatic rings. The van der Waals surface area contributed by atoms with Crippen LogP contribution in [0.3, 0.4) is 0 Å². The van der Waals surface area contributed by atoms with Gasteiger partial charge >= 0.3 is 6.03 Å². The van der Waals surface area contributed by atoms with Gasteiger partial charge < -0.3 is 20.2 Å². The second kappa shape index (κ2) is 7.26. The predicted molar refractivity (Wildman–Crippen MR) is 82.2 cm³/mol. The highest BCUT2D eigenvalue weighted by Gasteiger charge is 2.15. The van der Waals surface area contributed by atoms with Gasteiger partial charge in [-0.2, -0.15) is 0 Å². The van der Waals surface area contributed by atoms with Crippen molar-refractivity contribution in [1.82, 2.24) is 15.2 Å². The van der Waals surface area contributed by atoms with Gasteiger partial charge in [0.2, 0.25) is 0 Å². The molecule has 21 heavy (non-hydrogen) atoms. The van der Waals surface area contributed by atoms with Gasteiger partial charge in [0.05, 0.1) is 12.6 Å². The van der Waals surface area contributed by atoms with Gasteiger partial charge in [0.1, 0.15) is 5.82 Å². The number of urea groups is 1. The van der Waals surface area contributed by atoms with Crippen LogP contribution in [0.15, 0.2) is 18.3 Å². The van der Waals surface area contributed by atoms with E-state index in [-0.39, 0.29) is 18.7 Å². The zero-order valence-electron chi connectivity index (χ0n) is 12.7. The minimum Gasteiger partial charge on any atom is -0.394 e. The zero-order chi connectivity index (χ0) is 15.2. The number of aromatic nitrogens is 1. The van der Waals surface area contributed by atoms with Gasteiger partial charge in [-0.25, -0.2) is 9.78 Å². The van der Waals surface area contributed by atoms with Gasteiger partial charge in [-0.1, -0.05) is 0 Å². The minimum absolute atomic E-state index is 0.0434. The Labute approximate surface area is 125 Å². The molecule has 0 radical (unpaired) electrons. The summed E-state index contributed by atoms with van der Waals surface area (Å²) >= 11 is 0. The van der Waals surface area contributed by atoms with Gasteiger partial charge in [-0.3, -0.25) is 0 Å². The molecule has 6 heteroatoms. The number of likely N-dealkylation sites (N-methyl/N-ethyl adjacent to an activating group) is 1. The quantitative estimate of drug-likeness (QED) is 0.856. The van der Waals surface area contributed by atoms with Gasteiger partial charge in [0.15, 0.2) is 0 Å². The van der Waals surface area contributed by atoms with Crippen LogP contribution in [-0.2, 0) is 6.54 Å². The maximum Gasteiger partial charge on any atom is 0.317 e. The van der Waals surface area contributed by atoms with E-state index in [1.807, 2.05) is 12.1 Å².